The van der Waals surface area contributed by atoms with Crippen LogP contribution >= 0.6 is 15.9 Å². The lowest BCUT2D eigenvalue weighted by atomic mass is 9.90. The predicted molar refractivity (Wildman–Crippen MR) is 79.8 cm³/mol. The van der Waals surface area contributed by atoms with Gasteiger partial charge in [0.1, 0.15) is 5.82 Å². The minimum absolute atomic E-state index is 0.145. The molecule has 5 nitrogen and oxygen atoms in total. The fourth-order valence-corrected chi connectivity index (χ4v) is 2.74. The molecule has 1 aliphatic rings. The molecule has 1 aromatic rings. The Morgan fingerprint density at radius 1 is 1.48 bits per heavy atom. The molecule has 21 heavy (non-hydrogen) atoms. The van der Waals surface area contributed by atoms with Crippen LogP contribution < -0.4 is 5.32 Å². The van der Waals surface area contributed by atoms with Crippen molar-refractivity contribution in [1.82, 2.24) is 4.90 Å². The topological polar surface area (TPSA) is 69.6 Å². The van der Waals surface area contributed by atoms with Crippen molar-refractivity contribution in [2.75, 3.05) is 18.4 Å². The van der Waals surface area contributed by atoms with E-state index in [2.05, 4.69) is 21.2 Å². The molecule has 1 saturated heterocycles. The van der Waals surface area contributed by atoms with Gasteiger partial charge in [0.05, 0.1) is 9.89 Å². The number of amides is 2. The molecule has 114 valence electrons. The number of carbonyl (C=O) groups excluding carboxylic acids is 1. The zero-order valence-corrected chi connectivity index (χ0v) is 13.3. The lowest BCUT2D eigenvalue weighted by Crippen LogP contribution is -2.37. The van der Waals surface area contributed by atoms with E-state index in [1.165, 1.54) is 11.0 Å². The number of hydrogen-bond donors (Lipinski definition) is 2. The largest absolute Gasteiger partial charge is 0.481 e. The molecule has 2 amide bonds. The number of benzene rings is 1. The van der Waals surface area contributed by atoms with Crippen LogP contribution in [0.1, 0.15) is 18.9 Å². The van der Waals surface area contributed by atoms with E-state index < -0.39 is 23.2 Å². The van der Waals surface area contributed by atoms with Gasteiger partial charge in [-0.25, -0.2) is 9.18 Å². The Balaban J connectivity index is 2.10. The van der Waals surface area contributed by atoms with Crippen molar-refractivity contribution in [2.45, 2.75) is 20.3 Å². The summed E-state index contributed by atoms with van der Waals surface area (Å²) in [5.41, 5.74) is 0.179. The second-order valence-electron chi connectivity index (χ2n) is 5.55. The zero-order valence-electron chi connectivity index (χ0n) is 11.7. The number of nitrogens with zero attached hydrogens (tertiary/aromatic N) is 1. The molecular formula is C14H16BrFN2O3. The summed E-state index contributed by atoms with van der Waals surface area (Å²) in [5, 5.41) is 11.8. The third-order valence-electron chi connectivity index (χ3n) is 3.79. The predicted octanol–water partition coefficient (Wildman–Crippen LogP) is 3.23. The maximum Gasteiger partial charge on any atom is 0.321 e. The van der Waals surface area contributed by atoms with Crippen molar-refractivity contribution in [3.8, 4) is 0 Å². The Morgan fingerprint density at radius 3 is 2.71 bits per heavy atom. The first-order valence-electron chi connectivity index (χ1n) is 6.48. The fraction of sp³-hybridized carbons (Fsp3) is 0.429. The summed E-state index contributed by atoms with van der Waals surface area (Å²) in [4.78, 5) is 24.8. The van der Waals surface area contributed by atoms with E-state index in [4.69, 9.17) is 5.11 Å². The van der Waals surface area contributed by atoms with Gasteiger partial charge in [-0.3, -0.25) is 4.79 Å². The summed E-state index contributed by atoms with van der Waals surface area (Å²) in [6.07, 6.45) is 0.406. The first-order chi connectivity index (χ1) is 9.73. The average molecular weight is 359 g/mol. The maximum absolute atomic E-state index is 13.5. The van der Waals surface area contributed by atoms with Crippen molar-refractivity contribution in [1.29, 1.82) is 0 Å². The van der Waals surface area contributed by atoms with Crippen molar-refractivity contribution >= 4 is 33.6 Å². The molecule has 2 rings (SSSR count). The Kier molecular flexibility index (Phi) is 4.22. The van der Waals surface area contributed by atoms with Gasteiger partial charge in [-0.1, -0.05) is 0 Å². The van der Waals surface area contributed by atoms with Gasteiger partial charge in [-0.05, 0) is 53.9 Å². The van der Waals surface area contributed by atoms with E-state index in [-0.39, 0.29) is 6.54 Å². The molecule has 0 aliphatic carbocycles. The third-order valence-corrected chi connectivity index (χ3v) is 4.39. The van der Waals surface area contributed by atoms with Gasteiger partial charge in [0.15, 0.2) is 0 Å². The molecule has 2 N–H and O–H groups in total. The summed E-state index contributed by atoms with van der Waals surface area (Å²) >= 11 is 3.08. The lowest BCUT2D eigenvalue weighted by Gasteiger charge is -2.21. The molecule has 0 bridgehead atoms. The number of carbonyl (C=O) groups is 2. The number of urea groups is 1. The second-order valence-corrected chi connectivity index (χ2v) is 6.40. The SMILES string of the molecule is Cc1cc(Br)c(F)cc1NC(=O)N1CCC(C)(C(=O)O)C1. The molecule has 1 unspecified atom stereocenters. The van der Waals surface area contributed by atoms with Crippen LogP contribution in [0.5, 0.6) is 0 Å². The van der Waals surface area contributed by atoms with E-state index in [1.54, 1.807) is 19.9 Å². The minimum atomic E-state index is -0.919. The maximum atomic E-state index is 13.5. The summed E-state index contributed by atoms with van der Waals surface area (Å²) in [6.45, 7) is 3.89. The van der Waals surface area contributed by atoms with Gasteiger partial charge >= 0.3 is 12.0 Å². The highest BCUT2D eigenvalue weighted by molar-refractivity contribution is 9.10. The van der Waals surface area contributed by atoms with Crippen LogP contribution in [0, 0.1) is 18.2 Å². The molecule has 0 spiro atoms. The van der Waals surface area contributed by atoms with Crippen molar-refractivity contribution in [2.24, 2.45) is 5.41 Å². The lowest BCUT2D eigenvalue weighted by molar-refractivity contribution is -0.146. The number of rotatable bonds is 2. The number of carboxylic acid groups (broad SMARTS) is 1. The Morgan fingerprint density at radius 2 is 2.14 bits per heavy atom. The molecule has 7 heteroatoms. The number of anilines is 1. The summed E-state index contributed by atoms with van der Waals surface area (Å²) in [5.74, 6) is -1.38. The van der Waals surface area contributed by atoms with Gasteiger partial charge < -0.3 is 15.3 Å². The molecule has 1 fully saturated rings. The van der Waals surface area contributed by atoms with Gasteiger partial charge in [0.2, 0.25) is 0 Å². The molecule has 1 heterocycles. The van der Waals surface area contributed by atoms with Gasteiger partial charge in [-0.15, -0.1) is 0 Å². The van der Waals surface area contributed by atoms with Gasteiger partial charge in [0, 0.05) is 18.8 Å². The number of carboxylic acids is 1. The molecule has 1 atom stereocenters. The number of aryl methyl sites for hydroxylation is 1. The molecular weight excluding hydrogens is 343 g/mol. The van der Waals surface area contributed by atoms with E-state index in [9.17, 15) is 14.0 Å². The number of hydrogen-bond acceptors (Lipinski definition) is 2. The number of likely N-dealkylation sites (tertiary alicyclic amines) is 1. The van der Waals surface area contributed by atoms with Crippen molar-refractivity contribution in [3.63, 3.8) is 0 Å². The standard InChI is InChI=1S/C14H16BrFN2O3/c1-8-5-9(15)10(16)6-11(8)17-13(21)18-4-3-14(2,7-18)12(19)20/h5-6H,3-4,7H2,1-2H3,(H,17,21)(H,19,20). The molecule has 0 radical (unpaired) electrons. The van der Waals surface area contributed by atoms with Crippen molar-refractivity contribution < 1.29 is 19.1 Å². The van der Waals surface area contributed by atoms with Crippen molar-refractivity contribution in [3.05, 3.63) is 28.0 Å². The van der Waals surface area contributed by atoms with E-state index in [0.717, 1.165) is 5.56 Å². The molecule has 1 aromatic carbocycles. The normalized spacial score (nSPS) is 21.4. The van der Waals surface area contributed by atoms with Crippen LogP contribution in [0.2, 0.25) is 0 Å². The van der Waals surface area contributed by atoms with Gasteiger partial charge in [-0.2, -0.15) is 0 Å². The Labute approximate surface area is 130 Å². The molecule has 1 aliphatic heterocycles. The highest BCUT2D eigenvalue weighted by Gasteiger charge is 2.42. The highest BCUT2D eigenvalue weighted by Crippen LogP contribution is 2.31. The van der Waals surface area contributed by atoms with Gasteiger partial charge in [0.25, 0.3) is 0 Å². The quantitative estimate of drug-likeness (QED) is 0.852. The minimum Gasteiger partial charge on any atom is -0.481 e. The molecule has 0 saturated carbocycles. The Bertz CT molecular complexity index is 608. The monoisotopic (exact) mass is 358 g/mol. The summed E-state index contributed by atoms with van der Waals surface area (Å²) in [7, 11) is 0. The Hall–Kier alpha value is -1.63. The highest BCUT2D eigenvalue weighted by atomic mass is 79.9. The summed E-state index contributed by atoms with van der Waals surface area (Å²) < 4.78 is 13.9. The fourth-order valence-electron chi connectivity index (χ4n) is 2.28. The first kappa shape index (κ1) is 15.8. The number of nitrogens with one attached hydrogen (secondary N) is 1. The van der Waals surface area contributed by atoms with Crippen LogP contribution in [-0.2, 0) is 4.79 Å². The number of aliphatic carboxylic acids is 1. The number of halogens is 2. The average Bonchev–Trinajstić information content (AvgIpc) is 2.80. The van der Waals surface area contributed by atoms with Crippen LogP contribution in [0.25, 0.3) is 0 Å². The van der Waals surface area contributed by atoms with Crippen LogP contribution in [0.3, 0.4) is 0 Å². The van der Waals surface area contributed by atoms with Crippen LogP contribution in [-0.4, -0.2) is 35.1 Å². The van der Waals surface area contributed by atoms with E-state index in [0.29, 0.717) is 23.1 Å². The second kappa shape index (κ2) is 5.63. The first-order valence-corrected chi connectivity index (χ1v) is 7.27. The smallest absolute Gasteiger partial charge is 0.321 e. The summed E-state index contributed by atoms with van der Waals surface area (Å²) in [6, 6.07) is 2.41. The van der Waals surface area contributed by atoms with E-state index >= 15 is 0 Å². The third kappa shape index (κ3) is 3.18. The zero-order chi connectivity index (χ0) is 15.8. The van der Waals surface area contributed by atoms with E-state index in [1.807, 2.05) is 0 Å². The van der Waals surface area contributed by atoms with Crippen LogP contribution in [0.15, 0.2) is 16.6 Å². The van der Waals surface area contributed by atoms with Crippen LogP contribution in [0.4, 0.5) is 14.9 Å². The molecule has 0 aromatic heterocycles.